The average molecular weight is 225 g/mol. The van der Waals surface area contributed by atoms with E-state index in [9.17, 15) is 13.6 Å². The highest BCUT2D eigenvalue weighted by Crippen LogP contribution is 2.29. The smallest absolute Gasteiger partial charge is 0.352 e. The van der Waals surface area contributed by atoms with Gasteiger partial charge in [-0.25, -0.2) is 13.6 Å². The number of hydrogen-bond donors (Lipinski definition) is 1. The summed E-state index contributed by atoms with van der Waals surface area (Å²) in [5, 5.41) is 8.99. The second kappa shape index (κ2) is 3.30. The van der Waals surface area contributed by atoms with Crippen LogP contribution in [-0.2, 0) is 7.05 Å². The van der Waals surface area contributed by atoms with Crippen LogP contribution in [0.25, 0.3) is 10.9 Å². The molecule has 1 aromatic heterocycles. The van der Waals surface area contributed by atoms with Crippen LogP contribution in [0.4, 0.5) is 8.78 Å². The molecule has 0 saturated heterocycles. The normalized spacial score (nSPS) is 11.0. The fourth-order valence-corrected chi connectivity index (χ4v) is 2.01. The van der Waals surface area contributed by atoms with Gasteiger partial charge in [0.2, 0.25) is 0 Å². The second-order valence-electron chi connectivity index (χ2n) is 3.59. The molecule has 0 aliphatic carbocycles. The number of aromatic carboxylic acids is 1. The predicted molar refractivity (Wildman–Crippen MR) is 54.5 cm³/mol. The Hall–Kier alpha value is -1.91. The lowest BCUT2D eigenvalue weighted by molar-refractivity contribution is 0.0686. The number of nitrogens with zero attached hydrogens (tertiary/aromatic N) is 1. The van der Waals surface area contributed by atoms with Crippen LogP contribution in [-0.4, -0.2) is 15.6 Å². The molecule has 0 aliphatic rings. The number of halogens is 2. The number of aromatic nitrogens is 1. The van der Waals surface area contributed by atoms with Crippen LogP contribution in [0.1, 0.15) is 16.1 Å². The van der Waals surface area contributed by atoms with Crippen molar-refractivity contribution in [3.8, 4) is 0 Å². The number of fused-ring (bicyclic) bond motifs is 1. The molecule has 0 unspecified atom stereocenters. The van der Waals surface area contributed by atoms with E-state index in [1.54, 1.807) is 0 Å². The maximum atomic E-state index is 13.5. The number of hydrogen-bond acceptors (Lipinski definition) is 1. The van der Waals surface area contributed by atoms with Crippen molar-refractivity contribution in [2.24, 2.45) is 7.05 Å². The number of aryl methyl sites for hydroxylation is 2. The molecule has 0 radical (unpaired) electrons. The van der Waals surface area contributed by atoms with Crippen LogP contribution in [0.5, 0.6) is 0 Å². The molecule has 2 aromatic rings. The topological polar surface area (TPSA) is 42.2 Å². The Kier molecular flexibility index (Phi) is 2.18. The van der Waals surface area contributed by atoms with E-state index in [-0.39, 0.29) is 22.2 Å². The van der Waals surface area contributed by atoms with E-state index in [0.717, 1.165) is 16.7 Å². The molecule has 2 rings (SSSR count). The highest BCUT2D eigenvalue weighted by atomic mass is 19.1. The molecule has 1 heterocycles. The van der Waals surface area contributed by atoms with Crippen molar-refractivity contribution < 1.29 is 18.7 Å². The van der Waals surface area contributed by atoms with E-state index in [1.165, 1.54) is 14.0 Å². The van der Waals surface area contributed by atoms with Gasteiger partial charge in [0.25, 0.3) is 0 Å². The highest BCUT2D eigenvalue weighted by molar-refractivity contribution is 5.98. The largest absolute Gasteiger partial charge is 0.477 e. The number of carboxylic acids is 1. The SMILES string of the molecule is Cc1c(C(=O)O)n(C)c2c(F)ccc(F)c12. The quantitative estimate of drug-likeness (QED) is 0.810. The third-order valence-electron chi connectivity index (χ3n) is 2.68. The lowest BCUT2D eigenvalue weighted by Gasteiger charge is -2.00. The molecule has 1 N–H and O–H groups in total. The molecule has 0 saturated carbocycles. The van der Waals surface area contributed by atoms with E-state index in [1.807, 2.05) is 0 Å². The first-order valence-corrected chi connectivity index (χ1v) is 4.61. The molecule has 0 atom stereocenters. The molecule has 3 nitrogen and oxygen atoms in total. The van der Waals surface area contributed by atoms with Gasteiger partial charge in [0, 0.05) is 12.4 Å². The zero-order valence-electron chi connectivity index (χ0n) is 8.71. The van der Waals surface area contributed by atoms with Crippen LogP contribution in [0, 0.1) is 18.6 Å². The van der Waals surface area contributed by atoms with Gasteiger partial charge in [0.05, 0.1) is 5.52 Å². The zero-order chi connectivity index (χ0) is 12.0. The van der Waals surface area contributed by atoms with Crippen molar-refractivity contribution in [3.63, 3.8) is 0 Å². The fraction of sp³-hybridized carbons (Fsp3) is 0.182. The Morgan fingerprint density at radius 2 is 1.88 bits per heavy atom. The second-order valence-corrected chi connectivity index (χ2v) is 3.59. The Balaban J connectivity index is 3.04. The minimum absolute atomic E-state index is 0.0186. The molecule has 0 fully saturated rings. The molecule has 84 valence electrons. The Labute approximate surface area is 89.9 Å². The molecule has 16 heavy (non-hydrogen) atoms. The van der Waals surface area contributed by atoms with Gasteiger partial charge in [-0.05, 0) is 24.6 Å². The minimum atomic E-state index is -1.20. The predicted octanol–water partition coefficient (Wildman–Crippen LogP) is 2.46. The van der Waals surface area contributed by atoms with Gasteiger partial charge in [-0.15, -0.1) is 0 Å². The molecule has 0 amide bonds. The van der Waals surface area contributed by atoms with Gasteiger partial charge in [-0.1, -0.05) is 0 Å². The molecule has 0 aliphatic heterocycles. The van der Waals surface area contributed by atoms with Crippen LogP contribution < -0.4 is 0 Å². The third-order valence-corrected chi connectivity index (χ3v) is 2.68. The number of rotatable bonds is 1. The van der Waals surface area contributed by atoms with E-state index in [4.69, 9.17) is 5.11 Å². The summed E-state index contributed by atoms with van der Waals surface area (Å²) >= 11 is 0. The summed E-state index contributed by atoms with van der Waals surface area (Å²) < 4.78 is 28.2. The third kappa shape index (κ3) is 1.21. The van der Waals surface area contributed by atoms with Gasteiger partial charge in [-0.3, -0.25) is 0 Å². The van der Waals surface area contributed by atoms with E-state index < -0.39 is 17.6 Å². The lowest BCUT2D eigenvalue weighted by atomic mass is 10.1. The summed E-state index contributed by atoms with van der Waals surface area (Å²) in [6.07, 6.45) is 0. The summed E-state index contributed by atoms with van der Waals surface area (Å²) in [7, 11) is 1.40. The van der Waals surface area contributed by atoms with Crippen molar-refractivity contribution in [1.82, 2.24) is 4.57 Å². The Morgan fingerprint density at radius 1 is 1.31 bits per heavy atom. The first kappa shape index (κ1) is 10.6. The molecule has 1 aromatic carbocycles. The maximum Gasteiger partial charge on any atom is 0.352 e. The average Bonchev–Trinajstić information content (AvgIpc) is 2.46. The lowest BCUT2D eigenvalue weighted by Crippen LogP contribution is -2.06. The minimum Gasteiger partial charge on any atom is -0.477 e. The van der Waals surface area contributed by atoms with E-state index in [0.29, 0.717) is 0 Å². The van der Waals surface area contributed by atoms with Crippen LogP contribution >= 0.6 is 0 Å². The summed E-state index contributed by atoms with van der Waals surface area (Å²) in [5.74, 6) is -2.44. The van der Waals surface area contributed by atoms with Crippen molar-refractivity contribution in [1.29, 1.82) is 0 Å². The standard InChI is InChI=1S/C11H9F2NO2/c1-5-8-6(12)3-4-7(13)10(8)14(2)9(5)11(15)16/h3-4H,1-2H3,(H,15,16). The van der Waals surface area contributed by atoms with E-state index >= 15 is 0 Å². The molecular weight excluding hydrogens is 216 g/mol. The first-order chi connectivity index (χ1) is 7.45. The number of benzene rings is 1. The van der Waals surface area contributed by atoms with E-state index in [2.05, 4.69) is 0 Å². The van der Waals surface area contributed by atoms with Crippen molar-refractivity contribution >= 4 is 16.9 Å². The molecular formula is C11H9F2NO2. The molecule has 5 heteroatoms. The number of carbonyl (C=O) groups is 1. The van der Waals surface area contributed by atoms with Crippen LogP contribution in [0.3, 0.4) is 0 Å². The summed E-state index contributed by atoms with van der Waals surface area (Å²) in [5.41, 5.74) is 0.121. The molecule has 0 spiro atoms. The van der Waals surface area contributed by atoms with Crippen molar-refractivity contribution in [2.45, 2.75) is 6.92 Å². The van der Waals surface area contributed by atoms with Gasteiger partial charge in [0.1, 0.15) is 17.3 Å². The fourth-order valence-electron chi connectivity index (χ4n) is 2.01. The maximum absolute atomic E-state index is 13.5. The monoisotopic (exact) mass is 225 g/mol. The first-order valence-electron chi connectivity index (χ1n) is 4.61. The summed E-state index contributed by atoms with van der Waals surface area (Å²) in [6.45, 7) is 1.47. The number of carboxylic acid groups (broad SMARTS) is 1. The van der Waals surface area contributed by atoms with Gasteiger partial charge in [-0.2, -0.15) is 0 Å². The van der Waals surface area contributed by atoms with Crippen LogP contribution in [0.15, 0.2) is 12.1 Å². The van der Waals surface area contributed by atoms with Crippen molar-refractivity contribution in [3.05, 3.63) is 35.0 Å². The Bertz CT molecular complexity index is 557. The highest BCUT2D eigenvalue weighted by Gasteiger charge is 2.21. The van der Waals surface area contributed by atoms with Gasteiger partial charge >= 0.3 is 5.97 Å². The van der Waals surface area contributed by atoms with Crippen molar-refractivity contribution in [2.75, 3.05) is 0 Å². The van der Waals surface area contributed by atoms with Gasteiger partial charge < -0.3 is 9.67 Å². The Morgan fingerprint density at radius 3 is 2.38 bits per heavy atom. The van der Waals surface area contributed by atoms with Crippen LogP contribution in [0.2, 0.25) is 0 Å². The van der Waals surface area contributed by atoms with Gasteiger partial charge in [0.15, 0.2) is 0 Å². The zero-order valence-corrected chi connectivity index (χ0v) is 8.71. The molecule has 0 bridgehead atoms. The summed E-state index contributed by atoms with van der Waals surface area (Å²) in [6, 6.07) is 1.99. The summed E-state index contributed by atoms with van der Waals surface area (Å²) in [4.78, 5) is 11.0.